The highest BCUT2D eigenvalue weighted by Crippen LogP contribution is 2.37. The van der Waals surface area contributed by atoms with Gasteiger partial charge in [0.05, 0.1) is 5.56 Å². The Hall–Kier alpha value is -3.02. The first-order valence-electron chi connectivity index (χ1n) is 9.36. The van der Waals surface area contributed by atoms with Crippen molar-refractivity contribution < 1.29 is 10.2 Å². The molecule has 0 radical (unpaired) electrons. The highest BCUT2D eigenvalue weighted by molar-refractivity contribution is 5.69. The molecule has 6 heteroatoms. The Morgan fingerprint density at radius 3 is 2.26 bits per heavy atom. The predicted octanol–water partition coefficient (Wildman–Crippen LogP) is 4.07. The van der Waals surface area contributed by atoms with Gasteiger partial charge in [0.2, 0.25) is 0 Å². The molecule has 0 spiro atoms. The molecule has 1 aliphatic heterocycles. The minimum Gasteiger partial charge on any atom is -0.508 e. The fourth-order valence-corrected chi connectivity index (χ4v) is 3.64. The third-order valence-electron chi connectivity index (χ3n) is 5.15. The van der Waals surface area contributed by atoms with E-state index in [1.165, 1.54) is 24.6 Å². The summed E-state index contributed by atoms with van der Waals surface area (Å²) in [5, 5.41) is 28.7. The number of hydrogen-bond donors (Lipinski definition) is 2. The van der Waals surface area contributed by atoms with Crippen LogP contribution in [0.1, 0.15) is 38.2 Å². The molecule has 2 N–H and O–H groups in total. The number of hydrogen-bond acceptors (Lipinski definition) is 5. The predicted molar refractivity (Wildman–Crippen MR) is 106 cm³/mol. The van der Waals surface area contributed by atoms with Gasteiger partial charge in [0.25, 0.3) is 0 Å². The van der Waals surface area contributed by atoms with Gasteiger partial charge >= 0.3 is 0 Å². The molecule has 4 rings (SSSR count). The minimum atomic E-state index is -0.0140. The van der Waals surface area contributed by atoms with E-state index in [9.17, 15) is 10.2 Å². The fourth-order valence-electron chi connectivity index (χ4n) is 3.64. The number of phenols is 2. The van der Waals surface area contributed by atoms with E-state index in [-0.39, 0.29) is 17.4 Å². The fraction of sp³-hybridized carbons (Fsp3) is 0.333. The smallest absolute Gasteiger partial charge is 0.172 e. The zero-order valence-electron chi connectivity index (χ0n) is 15.6. The lowest BCUT2D eigenvalue weighted by Gasteiger charge is -2.18. The molecule has 3 aromatic rings. The van der Waals surface area contributed by atoms with E-state index in [0.29, 0.717) is 11.4 Å². The number of aromatic hydroxyl groups is 2. The van der Waals surface area contributed by atoms with Crippen molar-refractivity contribution in [1.82, 2.24) is 14.8 Å². The van der Waals surface area contributed by atoms with Gasteiger partial charge in [0, 0.05) is 30.5 Å². The van der Waals surface area contributed by atoms with Crippen LogP contribution < -0.4 is 4.90 Å². The summed E-state index contributed by atoms with van der Waals surface area (Å²) < 4.78 is 1.85. The summed E-state index contributed by atoms with van der Waals surface area (Å²) in [4.78, 5) is 2.39. The second-order valence-corrected chi connectivity index (χ2v) is 7.32. The molecule has 27 heavy (non-hydrogen) atoms. The molecule has 0 atom stereocenters. The van der Waals surface area contributed by atoms with E-state index in [2.05, 4.69) is 27.2 Å². The SMILES string of the molecule is CC(C)c1cc(-c2nncn2-c2ccc(N3CCCC3)cc2)c(O)cc1O. The van der Waals surface area contributed by atoms with E-state index >= 15 is 0 Å². The molecule has 1 aliphatic rings. The van der Waals surface area contributed by atoms with Crippen molar-refractivity contribution in [2.75, 3.05) is 18.0 Å². The Bertz CT molecular complexity index is 941. The van der Waals surface area contributed by atoms with E-state index in [1.54, 1.807) is 12.4 Å². The molecule has 0 unspecified atom stereocenters. The third kappa shape index (κ3) is 3.23. The van der Waals surface area contributed by atoms with Crippen LogP contribution in [-0.2, 0) is 0 Å². The molecule has 6 nitrogen and oxygen atoms in total. The van der Waals surface area contributed by atoms with Crippen LogP contribution in [0.2, 0.25) is 0 Å². The average molecular weight is 364 g/mol. The van der Waals surface area contributed by atoms with Gasteiger partial charge in [0.1, 0.15) is 17.8 Å². The van der Waals surface area contributed by atoms with Gasteiger partial charge < -0.3 is 15.1 Å². The lowest BCUT2D eigenvalue weighted by Crippen LogP contribution is -2.17. The van der Waals surface area contributed by atoms with E-state index < -0.39 is 0 Å². The minimum absolute atomic E-state index is 0.0140. The Morgan fingerprint density at radius 2 is 1.59 bits per heavy atom. The molecule has 1 aromatic heterocycles. The molecule has 0 saturated carbocycles. The van der Waals surface area contributed by atoms with Gasteiger partial charge in [-0.2, -0.15) is 0 Å². The largest absolute Gasteiger partial charge is 0.508 e. The molecule has 2 aromatic carbocycles. The first kappa shape index (κ1) is 17.4. The van der Waals surface area contributed by atoms with Crippen LogP contribution in [-0.4, -0.2) is 38.1 Å². The third-order valence-corrected chi connectivity index (χ3v) is 5.15. The Kier molecular flexibility index (Phi) is 4.48. The van der Waals surface area contributed by atoms with Crippen molar-refractivity contribution in [3.8, 4) is 28.6 Å². The van der Waals surface area contributed by atoms with Gasteiger partial charge in [-0.1, -0.05) is 13.8 Å². The lowest BCUT2D eigenvalue weighted by molar-refractivity contribution is 0.444. The molecular weight excluding hydrogens is 340 g/mol. The van der Waals surface area contributed by atoms with Crippen molar-refractivity contribution in [3.63, 3.8) is 0 Å². The van der Waals surface area contributed by atoms with E-state index in [1.807, 2.05) is 30.5 Å². The van der Waals surface area contributed by atoms with E-state index in [0.717, 1.165) is 24.3 Å². The first-order chi connectivity index (χ1) is 13.0. The summed E-state index contributed by atoms with van der Waals surface area (Å²) in [7, 11) is 0. The number of anilines is 1. The highest BCUT2D eigenvalue weighted by Gasteiger charge is 2.18. The van der Waals surface area contributed by atoms with E-state index in [4.69, 9.17) is 0 Å². The van der Waals surface area contributed by atoms with Crippen molar-refractivity contribution in [2.45, 2.75) is 32.6 Å². The van der Waals surface area contributed by atoms with Crippen LogP contribution >= 0.6 is 0 Å². The van der Waals surface area contributed by atoms with Crippen LogP contribution in [0.5, 0.6) is 11.5 Å². The molecule has 0 bridgehead atoms. The summed E-state index contributed by atoms with van der Waals surface area (Å²) in [6, 6.07) is 11.5. The summed E-state index contributed by atoms with van der Waals surface area (Å²) in [6.45, 7) is 6.21. The maximum absolute atomic E-state index is 10.4. The highest BCUT2D eigenvalue weighted by atomic mass is 16.3. The number of phenolic OH excluding ortho intramolecular Hbond substituents is 2. The number of aromatic nitrogens is 3. The van der Waals surface area contributed by atoms with Gasteiger partial charge in [-0.15, -0.1) is 10.2 Å². The number of benzene rings is 2. The number of rotatable bonds is 4. The van der Waals surface area contributed by atoms with Gasteiger partial charge in [-0.25, -0.2) is 0 Å². The van der Waals surface area contributed by atoms with Gasteiger partial charge in [-0.3, -0.25) is 4.57 Å². The van der Waals surface area contributed by atoms with Crippen molar-refractivity contribution in [2.24, 2.45) is 0 Å². The van der Waals surface area contributed by atoms with Crippen LogP contribution in [0.3, 0.4) is 0 Å². The summed E-state index contributed by atoms with van der Waals surface area (Å²) in [6.07, 6.45) is 4.13. The molecule has 0 aliphatic carbocycles. The molecule has 1 fully saturated rings. The number of nitrogens with zero attached hydrogens (tertiary/aromatic N) is 4. The Labute approximate surface area is 158 Å². The maximum Gasteiger partial charge on any atom is 0.172 e. The molecular formula is C21H24N4O2. The topological polar surface area (TPSA) is 74.4 Å². The quantitative estimate of drug-likeness (QED) is 0.730. The molecule has 1 saturated heterocycles. The second-order valence-electron chi connectivity index (χ2n) is 7.32. The van der Waals surface area contributed by atoms with Crippen LogP contribution in [0.15, 0.2) is 42.7 Å². The van der Waals surface area contributed by atoms with Crippen LogP contribution in [0, 0.1) is 0 Å². The molecule has 0 amide bonds. The average Bonchev–Trinajstić information content (AvgIpc) is 3.34. The lowest BCUT2D eigenvalue weighted by atomic mass is 9.98. The van der Waals surface area contributed by atoms with Crippen LogP contribution in [0.25, 0.3) is 17.1 Å². The van der Waals surface area contributed by atoms with Crippen molar-refractivity contribution in [3.05, 3.63) is 48.3 Å². The summed E-state index contributed by atoms with van der Waals surface area (Å²) >= 11 is 0. The summed E-state index contributed by atoms with van der Waals surface area (Å²) in [5.41, 5.74) is 3.47. The first-order valence-corrected chi connectivity index (χ1v) is 9.36. The zero-order chi connectivity index (χ0) is 19.0. The second kappa shape index (κ2) is 6.95. The zero-order valence-corrected chi connectivity index (χ0v) is 15.6. The maximum atomic E-state index is 10.4. The van der Waals surface area contributed by atoms with Crippen LogP contribution in [0.4, 0.5) is 5.69 Å². The summed E-state index contributed by atoms with van der Waals surface area (Å²) in [5.74, 6) is 0.746. The monoisotopic (exact) mass is 364 g/mol. The molecule has 140 valence electrons. The Balaban J connectivity index is 1.72. The Morgan fingerprint density at radius 1 is 0.926 bits per heavy atom. The van der Waals surface area contributed by atoms with Crippen molar-refractivity contribution in [1.29, 1.82) is 0 Å². The molecule has 2 heterocycles. The van der Waals surface area contributed by atoms with Gasteiger partial charge in [0.15, 0.2) is 5.82 Å². The van der Waals surface area contributed by atoms with Crippen molar-refractivity contribution >= 4 is 5.69 Å². The van der Waals surface area contributed by atoms with Gasteiger partial charge in [-0.05, 0) is 54.7 Å². The standard InChI is InChI=1S/C21H24N4O2/c1-14(2)17-11-18(20(27)12-19(17)26)21-23-22-13-25(21)16-7-5-15(6-8-16)24-9-3-4-10-24/h5-8,11-14,26-27H,3-4,9-10H2,1-2H3. The normalized spacial score (nSPS) is 14.3.